The monoisotopic (exact) mass is 419 g/mol. The number of pyridine rings is 1. The van der Waals surface area contributed by atoms with Crippen molar-refractivity contribution in [3.8, 4) is 0 Å². The summed E-state index contributed by atoms with van der Waals surface area (Å²) in [6.45, 7) is 0. The molecule has 0 bridgehead atoms. The fourth-order valence-electron chi connectivity index (χ4n) is 3.38. The maximum atomic E-state index is 13.6. The molecule has 1 aromatic heterocycles. The summed E-state index contributed by atoms with van der Waals surface area (Å²) in [5, 5.41) is 3.27. The van der Waals surface area contributed by atoms with Gasteiger partial charge in [0.2, 0.25) is 0 Å². The van der Waals surface area contributed by atoms with Crippen molar-refractivity contribution in [3.05, 3.63) is 84.4 Å². The smallest absolute Gasteiger partial charge is 0.270 e. The van der Waals surface area contributed by atoms with Crippen LogP contribution in [0.1, 0.15) is 0 Å². The molecule has 2 aliphatic rings. The van der Waals surface area contributed by atoms with Crippen LogP contribution in [0.3, 0.4) is 0 Å². The van der Waals surface area contributed by atoms with Crippen molar-refractivity contribution >= 4 is 21.2 Å². The molecule has 0 saturated carbocycles. The molecule has 2 heterocycles. The predicted octanol–water partition coefficient (Wildman–Crippen LogP) is 4.04. The third-order valence-corrected chi connectivity index (χ3v) is 5.82. The summed E-state index contributed by atoms with van der Waals surface area (Å²) in [5.74, 6) is 0. The Morgan fingerprint density at radius 1 is 1.07 bits per heavy atom. The van der Waals surface area contributed by atoms with E-state index in [2.05, 4.69) is 4.98 Å². The summed E-state index contributed by atoms with van der Waals surface area (Å²) in [6.07, 6.45) is 5.28. The number of sulfone groups is 1. The van der Waals surface area contributed by atoms with Gasteiger partial charge >= 0.3 is 6.18 Å². The van der Waals surface area contributed by atoms with Gasteiger partial charge in [-0.05, 0) is 42.5 Å². The van der Waals surface area contributed by atoms with Crippen molar-refractivity contribution < 1.29 is 21.6 Å². The number of nitrogens with zero attached hydrogens (tertiary/aromatic N) is 3. The molecule has 4 rings (SSSR count). The molecule has 0 radical (unpaired) electrons. The number of halogens is 3. The van der Waals surface area contributed by atoms with E-state index in [0.717, 1.165) is 12.3 Å². The zero-order valence-corrected chi connectivity index (χ0v) is 16.0. The summed E-state index contributed by atoms with van der Waals surface area (Å²) < 4.78 is 64.2. The summed E-state index contributed by atoms with van der Waals surface area (Å²) in [5.41, 5.74) is 0.521. The van der Waals surface area contributed by atoms with Crippen LogP contribution in [0.15, 0.2) is 89.3 Å². The van der Waals surface area contributed by atoms with E-state index in [9.17, 15) is 21.6 Å². The summed E-state index contributed by atoms with van der Waals surface area (Å²) in [6, 6.07) is 8.78. The lowest BCUT2D eigenvalue weighted by Crippen LogP contribution is -2.42. The minimum atomic E-state index is -4.49. The van der Waals surface area contributed by atoms with Crippen LogP contribution >= 0.6 is 0 Å². The fraction of sp³-hybridized carbons (Fsp3) is 0.150. The molecule has 1 aliphatic heterocycles. The van der Waals surface area contributed by atoms with Gasteiger partial charge < -0.3 is 0 Å². The first-order valence-electron chi connectivity index (χ1n) is 8.62. The second-order valence-corrected chi connectivity index (χ2v) is 8.67. The largest absolute Gasteiger partial charge is 0.416 e. The number of hydrogen-bond acceptors (Lipinski definition) is 5. The van der Waals surface area contributed by atoms with Gasteiger partial charge in [-0.2, -0.15) is 13.2 Å². The number of anilines is 2. The van der Waals surface area contributed by atoms with Crippen LogP contribution < -0.4 is 10.0 Å². The van der Waals surface area contributed by atoms with Crippen LogP contribution in [-0.2, 0) is 9.84 Å². The second-order valence-electron chi connectivity index (χ2n) is 6.66. The highest BCUT2D eigenvalue weighted by Gasteiger charge is 2.44. The SMILES string of the molecule is CS(=O)(=O)c1ccc(N2C3C=CC=C(C(F)(F)F)C3=CN2c2cccnc2)cc1. The molecular weight excluding hydrogens is 403 g/mol. The molecular formula is C20H16F3N3O2S. The second kappa shape index (κ2) is 6.77. The molecule has 150 valence electrons. The van der Waals surface area contributed by atoms with Crippen LogP contribution in [0.4, 0.5) is 24.5 Å². The standard InChI is InChI=1S/C20H16F3N3O2S/c1-29(27,28)16-9-7-14(8-10-16)26-19-6-2-5-18(20(21,22)23)17(19)13-25(26)15-4-3-11-24-12-15/h2-13,19H,1H3. The quantitative estimate of drug-likeness (QED) is 0.752. The van der Waals surface area contributed by atoms with E-state index in [1.807, 2.05) is 0 Å². The van der Waals surface area contributed by atoms with Gasteiger partial charge in [0.25, 0.3) is 0 Å². The Bertz CT molecular complexity index is 1120. The van der Waals surface area contributed by atoms with Crippen molar-refractivity contribution in [1.29, 1.82) is 0 Å². The average Bonchev–Trinajstić information content (AvgIpc) is 3.07. The summed E-state index contributed by atoms with van der Waals surface area (Å²) >= 11 is 0. The van der Waals surface area contributed by atoms with E-state index in [1.165, 1.54) is 24.4 Å². The average molecular weight is 419 g/mol. The third-order valence-electron chi connectivity index (χ3n) is 4.69. The number of hydrogen-bond donors (Lipinski definition) is 0. The van der Waals surface area contributed by atoms with Crippen molar-refractivity contribution in [1.82, 2.24) is 4.98 Å². The lowest BCUT2D eigenvalue weighted by molar-refractivity contribution is -0.0896. The van der Waals surface area contributed by atoms with Gasteiger partial charge in [0.1, 0.15) is 0 Å². The van der Waals surface area contributed by atoms with Gasteiger partial charge in [-0.3, -0.25) is 15.0 Å². The normalized spacial score (nSPS) is 19.1. The molecule has 9 heteroatoms. The van der Waals surface area contributed by atoms with Gasteiger partial charge in [-0.15, -0.1) is 0 Å². The highest BCUT2D eigenvalue weighted by Crippen LogP contribution is 2.43. The number of fused-ring (bicyclic) bond motifs is 1. The van der Waals surface area contributed by atoms with Crippen LogP contribution in [0.2, 0.25) is 0 Å². The minimum absolute atomic E-state index is 0.107. The highest BCUT2D eigenvalue weighted by molar-refractivity contribution is 7.90. The number of allylic oxidation sites excluding steroid dienone is 2. The molecule has 5 nitrogen and oxygen atoms in total. The zero-order valence-electron chi connectivity index (χ0n) is 15.2. The molecule has 0 fully saturated rings. The van der Waals surface area contributed by atoms with E-state index < -0.39 is 27.6 Å². The van der Waals surface area contributed by atoms with E-state index in [1.54, 1.807) is 52.8 Å². The van der Waals surface area contributed by atoms with Crippen molar-refractivity contribution in [2.24, 2.45) is 0 Å². The first-order valence-corrected chi connectivity index (χ1v) is 10.5. The Balaban J connectivity index is 1.82. The maximum Gasteiger partial charge on any atom is 0.416 e. The van der Waals surface area contributed by atoms with E-state index >= 15 is 0 Å². The van der Waals surface area contributed by atoms with Crippen LogP contribution in [0.25, 0.3) is 0 Å². The molecule has 1 atom stereocenters. The lowest BCUT2D eigenvalue weighted by Gasteiger charge is -2.35. The van der Waals surface area contributed by atoms with Crippen LogP contribution in [0.5, 0.6) is 0 Å². The number of benzene rings is 1. The Morgan fingerprint density at radius 3 is 2.38 bits per heavy atom. The molecule has 0 spiro atoms. The molecule has 2 aromatic rings. The number of aromatic nitrogens is 1. The first kappa shape index (κ1) is 19.3. The van der Waals surface area contributed by atoms with Gasteiger partial charge in [0.15, 0.2) is 9.84 Å². The molecule has 0 amide bonds. The summed E-state index contributed by atoms with van der Waals surface area (Å²) in [4.78, 5) is 4.19. The first-order chi connectivity index (χ1) is 13.7. The molecule has 1 aliphatic carbocycles. The van der Waals surface area contributed by atoms with Crippen molar-refractivity contribution in [3.63, 3.8) is 0 Å². The van der Waals surface area contributed by atoms with Crippen LogP contribution in [0, 0.1) is 0 Å². The topological polar surface area (TPSA) is 53.5 Å². The fourth-order valence-corrected chi connectivity index (χ4v) is 4.01. The molecule has 1 aromatic carbocycles. The lowest BCUT2D eigenvalue weighted by atomic mass is 9.94. The molecule has 0 N–H and O–H groups in total. The van der Waals surface area contributed by atoms with E-state index in [-0.39, 0.29) is 10.5 Å². The Hall–Kier alpha value is -3.07. The maximum absolute atomic E-state index is 13.6. The Morgan fingerprint density at radius 2 is 1.79 bits per heavy atom. The molecule has 29 heavy (non-hydrogen) atoms. The minimum Gasteiger partial charge on any atom is -0.270 e. The summed E-state index contributed by atoms with van der Waals surface area (Å²) in [7, 11) is -3.39. The zero-order chi connectivity index (χ0) is 20.8. The number of alkyl halides is 3. The van der Waals surface area contributed by atoms with Crippen LogP contribution in [-0.4, -0.2) is 31.9 Å². The number of rotatable bonds is 3. The molecule has 1 unspecified atom stereocenters. The van der Waals surface area contributed by atoms with Gasteiger partial charge in [0.05, 0.1) is 34.1 Å². The van der Waals surface area contributed by atoms with E-state index in [4.69, 9.17) is 0 Å². The highest BCUT2D eigenvalue weighted by atomic mass is 32.2. The van der Waals surface area contributed by atoms with Gasteiger partial charge in [-0.25, -0.2) is 8.42 Å². The van der Waals surface area contributed by atoms with Crippen molar-refractivity contribution in [2.45, 2.75) is 17.1 Å². The van der Waals surface area contributed by atoms with Crippen molar-refractivity contribution in [2.75, 3.05) is 16.3 Å². The predicted molar refractivity (Wildman–Crippen MR) is 104 cm³/mol. The van der Waals surface area contributed by atoms with Gasteiger partial charge in [-0.1, -0.05) is 12.2 Å². The van der Waals surface area contributed by atoms with E-state index in [0.29, 0.717) is 11.4 Å². The molecule has 0 saturated heterocycles. The van der Waals surface area contributed by atoms with Gasteiger partial charge in [0, 0.05) is 24.2 Å². The third kappa shape index (κ3) is 3.53. The Labute approximate surface area is 166 Å². The Kier molecular flexibility index (Phi) is 4.49. The number of hydrazine groups is 1.